The molecule has 1 N–H and O–H groups in total. The quantitative estimate of drug-likeness (QED) is 0.917. The molecule has 2 aromatic heterocycles. The molecule has 0 amide bonds. The molecule has 2 aromatic rings. The Kier molecular flexibility index (Phi) is 4.34. The van der Waals surface area contributed by atoms with Gasteiger partial charge in [0.25, 0.3) is 0 Å². The Balaban J connectivity index is 1.74. The zero-order valence-corrected chi connectivity index (χ0v) is 12.9. The van der Waals surface area contributed by atoms with Gasteiger partial charge >= 0.3 is 0 Å². The Hall–Kier alpha value is -1.68. The van der Waals surface area contributed by atoms with E-state index in [1.54, 1.807) is 0 Å². The summed E-state index contributed by atoms with van der Waals surface area (Å²) in [5, 5.41) is 8.16. The van der Waals surface area contributed by atoms with Gasteiger partial charge in [-0.2, -0.15) is 5.10 Å². The van der Waals surface area contributed by atoms with Gasteiger partial charge in [0.1, 0.15) is 0 Å². The van der Waals surface area contributed by atoms with Gasteiger partial charge in [-0.25, -0.2) is 0 Å². The monoisotopic (exact) mass is 284 g/mol. The summed E-state index contributed by atoms with van der Waals surface area (Å²) >= 11 is 0. The van der Waals surface area contributed by atoms with Crippen molar-refractivity contribution in [3.63, 3.8) is 0 Å². The lowest BCUT2D eigenvalue weighted by atomic mass is 10.0. The maximum absolute atomic E-state index is 4.78. The zero-order chi connectivity index (χ0) is 14.7. The SMILES string of the molecule is CNC(Cc1ccn(C2CCCC2)n1)c1ncccc1C. The van der Waals surface area contributed by atoms with Gasteiger partial charge in [0, 0.05) is 18.8 Å². The van der Waals surface area contributed by atoms with E-state index >= 15 is 0 Å². The average Bonchev–Trinajstić information content (AvgIpc) is 3.16. The molecule has 1 aliphatic carbocycles. The number of pyridine rings is 1. The normalized spacial score (nSPS) is 17.2. The number of likely N-dealkylation sites (N-methyl/N-ethyl adjacent to an activating group) is 1. The molecule has 2 heterocycles. The summed E-state index contributed by atoms with van der Waals surface area (Å²) in [6, 6.07) is 7.09. The van der Waals surface area contributed by atoms with Crippen LogP contribution < -0.4 is 5.32 Å². The Bertz CT molecular complexity index is 584. The molecule has 0 saturated heterocycles. The van der Waals surface area contributed by atoms with Crippen molar-refractivity contribution in [1.29, 1.82) is 0 Å². The Morgan fingerprint density at radius 1 is 1.33 bits per heavy atom. The molecule has 0 radical (unpaired) electrons. The first-order valence-corrected chi connectivity index (χ1v) is 7.90. The second-order valence-electron chi connectivity index (χ2n) is 5.98. The third-order valence-corrected chi connectivity index (χ3v) is 4.50. The Morgan fingerprint density at radius 2 is 2.14 bits per heavy atom. The molecule has 0 spiro atoms. The van der Waals surface area contributed by atoms with Gasteiger partial charge in [0.15, 0.2) is 0 Å². The molecule has 1 aliphatic rings. The fourth-order valence-corrected chi connectivity index (χ4v) is 3.27. The van der Waals surface area contributed by atoms with Crippen LogP contribution in [0.2, 0.25) is 0 Å². The van der Waals surface area contributed by atoms with Crippen molar-refractivity contribution >= 4 is 0 Å². The van der Waals surface area contributed by atoms with E-state index in [2.05, 4.69) is 40.2 Å². The van der Waals surface area contributed by atoms with Crippen LogP contribution in [-0.4, -0.2) is 21.8 Å². The predicted molar refractivity (Wildman–Crippen MR) is 84.2 cm³/mol. The lowest BCUT2D eigenvalue weighted by molar-refractivity contribution is 0.458. The second-order valence-corrected chi connectivity index (χ2v) is 5.98. The predicted octanol–water partition coefficient (Wildman–Crippen LogP) is 3.20. The fraction of sp³-hybridized carbons (Fsp3) is 0.529. The number of nitrogens with one attached hydrogen (secondary N) is 1. The summed E-state index contributed by atoms with van der Waals surface area (Å²) in [6.45, 7) is 2.11. The number of aryl methyl sites for hydroxylation is 1. The van der Waals surface area contributed by atoms with Crippen molar-refractivity contribution in [1.82, 2.24) is 20.1 Å². The number of hydrogen-bond acceptors (Lipinski definition) is 3. The van der Waals surface area contributed by atoms with Gasteiger partial charge in [0.2, 0.25) is 0 Å². The van der Waals surface area contributed by atoms with Crippen molar-refractivity contribution < 1.29 is 0 Å². The van der Waals surface area contributed by atoms with Crippen LogP contribution in [0, 0.1) is 6.92 Å². The molecule has 4 heteroatoms. The summed E-state index contributed by atoms with van der Waals surface area (Å²) in [5.41, 5.74) is 3.49. The number of nitrogens with zero attached hydrogens (tertiary/aromatic N) is 3. The number of hydrogen-bond donors (Lipinski definition) is 1. The number of aromatic nitrogens is 3. The molecular weight excluding hydrogens is 260 g/mol. The first-order chi connectivity index (χ1) is 10.3. The maximum Gasteiger partial charge on any atom is 0.0644 e. The van der Waals surface area contributed by atoms with Crippen LogP contribution in [0.4, 0.5) is 0 Å². The molecule has 0 aromatic carbocycles. The minimum absolute atomic E-state index is 0.220. The van der Waals surface area contributed by atoms with Crippen molar-refractivity contribution in [3.05, 3.63) is 47.5 Å². The molecular formula is C17H24N4. The van der Waals surface area contributed by atoms with Crippen LogP contribution >= 0.6 is 0 Å². The molecule has 112 valence electrons. The lowest BCUT2D eigenvalue weighted by Crippen LogP contribution is -2.21. The van der Waals surface area contributed by atoms with Crippen molar-refractivity contribution in [3.8, 4) is 0 Å². The van der Waals surface area contributed by atoms with Gasteiger partial charge in [-0.15, -0.1) is 0 Å². The van der Waals surface area contributed by atoms with Crippen LogP contribution in [-0.2, 0) is 6.42 Å². The highest BCUT2D eigenvalue weighted by molar-refractivity contribution is 5.22. The molecule has 1 saturated carbocycles. The highest BCUT2D eigenvalue weighted by Crippen LogP contribution is 2.29. The van der Waals surface area contributed by atoms with E-state index in [0.717, 1.165) is 17.8 Å². The summed E-state index contributed by atoms with van der Waals surface area (Å²) < 4.78 is 2.17. The van der Waals surface area contributed by atoms with E-state index < -0.39 is 0 Å². The smallest absolute Gasteiger partial charge is 0.0644 e. The first kappa shape index (κ1) is 14.3. The van der Waals surface area contributed by atoms with Crippen LogP contribution in [0.15, 0.2) is 30.6 Å². The lowest BCUT2D eigenvalue weighted by Gasteiger charge is -2.16. The number of rotatable bonds is 5. The third-order valence-electron chi connectivity index (χ3n) is 4.50. The summed E-state index contributed by atoms with van der Waals surface area (Å²) in [4.78, 5) is 4.53. The molecule has 1 atom stereocenters. The van der Waals surface area contributed by atoms with E-state index in [9.17, 15) is 0 Å². The molecule has 1 fully saturated rings. The molecule has 3 rings (SSSR count). The topological polar surface area (TPSA) is 42.7 Å². The molecule has 1 unspecified atom stereocenters. The van der Waals surface area contributed by atoms with Gasteiger partial charge in [-0.3, -0.25) is 9.67 Å². The van der Waals surface area contributed by atoms with E-state index in [1.165, 1.54) is 31.2 Å². The van der Waals surface area contributed by atoms with E-state index in [0.29, 0.717) is 6.04 Å². The van der Waals surface area contributed by atoms with Crippen LogP contribution in [0.3, 0.4) is 0 Å². The minimum Gasteiger partial charge on any atom is -0.311 e. The first-order valence-electron chi connectivity index (χ1n) is 7.90. The van der Waals surface area contributed by atoms with Crippen molar-refractivity contribution in [2.24, 2.45) is 0 Å². The third kappa shape index (κ3) is 3.16. The molecule has 21 heavy (non-hydrogen) atoms. The van der Waals surface area contributed by atoms with Gasteiger partial charge < -0.3 is 5.32 Å². The minimum atomic E-state index is 0.220. The fourth-order valence-electron chi connectivity index (χ4n) is 3.27. The summed E-state index contributed by atoms with van der Waals surface area (Å²) in [7, 11) is 1.99. The van der Waals surface area contributed by atoms with Crippen molar-refractivity contribution in [2.45, 2.75) is 51.1 Å². The highest BCUT2D eigenvalue weighted by atomic mass is 15.3. The molecule has 0 bridgehead atoms. The highest BCUT2D eigenvalue weighted by Gasteiger charge is 2.19. The zero-order valence-electron chi connectivity index (χ0n) is 12.9. The van der Waals surface area contributed by atoms with E-state index in [-0.39, 0.29) is 6.04 Å². The van der Waals surface area contributed by atoms with Crippen molar-refractivity contribution in [2.75, 3.05) is 7.05 Å². The maximum atomic E-state index is 4.78. The van der Waals surface area contributed by atoms with Crippen LogP contribution in [0.5, 0.6) is 0 Å². The van der Waals surface area contributed by atoms with Gasteiger partial charge in [-0.1, -0.05) is 18.9 Å². The largest absolute Gasteiger partial charge is 0.311 e. The second kappa shape index (κ2) is 6.39. The van der Waals surface area contributed by atoms with E-state index in [4.69, 9.17) is 5.10 Å². The summed E-state index contributed by atoms with van der Waals surface area (Å²) in [6.07, 6.45) is 10.1. The van der Waals surface area contributed by atoms with Crippen LogP contribution in [0.25, 0.3) is 0 Å². The average molecular weight is 284 g/mol. The summed E-state index contributed by atoms with van der Waals surface area (Å²) in [5.74, 6) is 0. The Labute approximate surface area is 126 Å². The van der Waals surface area contributed by atoms with E-state index in [1.807, 2.05) is 19.3 Å². The standard InChI is InChI=1S/C17H24N4/c1-13-6-5-10-19-17(13)16(18-2)12-14-9-11-21(20-14)15-7-3-4-8-15/h5-6,9-11,15-16,18H,3-4,7-8,12H2,1-2H3. The van der Waals surface area contributed by atoms with Crippen LogP contribution in [0.1, 0.15) is 54.7 Å². The molecule has 4 nitrogen and oxygen atoms in total. The van der Waals surface area contributed by atoms with Gasteiger partial charge in [-0.05, 0) is 44.5 Å². The Morgan fingerprint density at radius 3 is 2.86 bits per heavy atom. The molecule has 0 aliphatic heterocycles. The van der Waals surface area contributed by atoms with Gasteiger partial charge in [0.05, 0.1) is 23.5 Å².